The van der Waals surface area contributed by atoms with Crippen LogP contribution < -0.4 is 17.3 Å². The number of benzene rings is 1. The Morgan fingerprint density at radius 3 is 2.32 bits per heavy atom. The molecular formula is C11H12ClN5O5. The lowest BCUT2D eigenvalue weighted by atomic mass is 10.2. The zero-order chi connectivity index (χ0) is 15.0. The van der Waals surface area contributed by atoms with E-state index < -0.39 is 21.2 Å². The predicted octanol–water partition coefficient (Wildman–Crippen LogP) is -3.07. The second-order valence-electron chi connectivity index (χ2n) is 4.67. The van der Waals surface area contributed by atoms with Gasteiger partial charge >= 0.3 is 17.3 Å². The SMILES string of the molecule is O=[N+]([O-])c1cc2nc([NH+]3CCOCC3)[nH]c2cc1[N+](=O)[O-].[Cl-]. The second kappa shape index (κ2) is 6.22. The van der Waals surface area contributed by atoms with Crippen molar-refractivity contribution in [1.29, 1.82) is 0 Å². The molecule has 0 unspecified atom stereocenters. The van der Waals surface area contributed by atoms with Crippen LogP contribution in [-0.2, 0) is 4.74 Å². The van der Waals surface area contributed by atoms with Crippen LogP contribution in [0.15, 0.2) is 12.1 Å². The predicted molar refractivity (Wildman–Crippen MR) is 70.6 cm³/mol. The summed E-state index contributed by atoms with van der Waals surface area (Å²) in [5, 5.41) is 21.8. The van der Waals surface area contributed by atoms with E-state index in [-0.39, 0.29) is 12.4 Å². The lowest BCUT2D eigenvalue weighted by Crippen LogP contribution is -3.10. The quantitative estimate of drug-likeness (QED) is 0.454. The molecule has 2 heterocycles. The summed E-state index contributed by atoms with van der Waals surface area (Å²) < 4.78 is 5.26. The Morgan fingerprint density at radius 1 is 1.14 bits per heavy atom. The van der Waals surface area contributed by atoms with Gasteiger partial charge in [-0.15, -0.1) is 0 Å². The summed E-state index contributed by atoms with van der Waals surface area (Å²) in [4.78, 5) is 28.7. The van der Waals surface area contributed by atoms with E-state index in [1.807, 2.05) is 0 Å². The molecule has 1 aliphatic heterocycles. The van der Waals surface area contributed by atoms with Crippen molar-refractivity contribution in [1.82, 2.24) is 9.97 Å². The van der Waals surface area contributed by atoms with Gasteiger partial charge in [-0.2, -0.15) is 4.98 Å². The molecule has 3 rings (SSSR count). The average Bonchev–Trinajstić information content (AvgIpc) is 2.89. The molecule has 1 aliphatic rings. The largest absolute Gasteiger partial charge is 1.00 e. The van der Waals surface area contributed by atoms with Crippen LogP contribution in [0.25, 0.3) is 11.0 Å². The van der Waals surface area contributed by atoms with Crippen molar-refractivity contribution in [2.24, 2.45) is 0 Å². The molecule has 0 bridgehead atoms. The number of rotatable bonds is 3. The Balaban J connectivity index is 0.00000176. The van der Waals surface area contributed by atoms with Crippen LogP contribution in [0.5, 0.6) is 0 Å². The summed E-state index contributed by atoms with van der Waals surface area (Å²) >= 11 is 0. The normalized spacial score (nSPS) is 15.5. The highest BCUT2D eigenvalue weighted by molar-refractivity contribution is 5.83. The van der Waals surface area contributed by atoms with E-state index in [9.17, 15) is 20.2 Å². The number of nitro groups is 2. The monoisotopic (exact) mass is 329 g/mol. The van der Waals surface area contributed by atoms with E-state index in [0.29, 0.717) is 30.2 Å². The fourth-order valence-electron chi connectivity index (χ4n) is 2.35. The van der Waals surface area contributed by atoms with E-state index in [1.54, 1.807) is 0 Å². The molecule has 1 aromatic carbocycles. The Bertz CT molecular complexity index is 676. The zero-order valence-electron chi connectivity index (χ0n) is 11.2. The molecule has 118 valence electrons. The minimum atomic E-state index is -0.770. The van der Waals surface area contributed by atoms with Crippen LogP contribution in [0.3, 0.4) is 0 Å². The molecule has 0 amide bonds. The Hall–Kier alpha value is -2.30. The van der Waals surface area contributed by atoms with Crippen molar-refractivity contribution in [3.8, 4) is 0 Å². The summed E-state index contributed by atoms with van der Waals surface area (Å²) in [6, 6.07) is 2.29. The molecule has 1 aromatic heterocycles. The molecule has 11 heteroatoms. The van der Waals surface area contributed by atoms with Crippen LogP contribution in [0, 0.1) is 20.2 Å². The van der Waals surface area contributed by atoms with Gasteiger partial charge in [-0.3, -0.25) is 30.1 Å². The first kappa shape index (κ1) is 16.1. The van der Waals surface area contributed by atoms with E-state index in [2.05, 4.69) is 9.97 Å². The third kappa shape index (κ3) is 2.84. The number of hydrogen-bond acceptors (Lipinski definition) is 6. The number of nitrogens with zero attached hydrogens (tertiary/aromatic N) is 3. The van der Waals surface area contributed by atoms with Crippen molar-refractivity contribution in [2.75, 3.05) is 26.3 Å². The summed E-state index contributed by atoms with van der Waals surface area (Å²) in [7, 11) is 0. The standard InChI is InChI=1S/C11H11N5O5.ClH/c17-15(18)9-5-7-8(6-10(9)16(19)20)13-11(12-7)14-1-3-21-4-2-14;/h5-6H,1-4H2,(H,12,13);1H. The number of fused-ring (bicyclic) bond motifs is 1. The summed E-state index contributed by atoms with van der Waals surface area (Å²) in [5.74, 6) is 0.614. The molecule has 0 atom stereocenters. The highest BCUT2D eigenvalue weighted by atomic mass is 35.5. The number of nitro benzene ring substituents is 2. The second-order valence-corrected chi connectivity index (χ2v) is 4.67. The number of hydrogen-bond donors (Lipinski definition) is 2. The molecule has 0 spiro atoms. The number of quaternary nitrogens is 1. The molecule has 10 nitrogen and oxygen atoms in total. The summed E-state index contributed by atoms with van der Waals surface area (Å²) in [5.41, 5.74) is -0.329. The van der Waals surface area contributed by atoms with Crippen LogP contribution >= 0.6 is 0 Å². The van der Waals surface area contributed by atoms with Gasteiger partial charge in [0.1, 0.15) is 18.6 Å². The van der Waals surface area contributed by atoms with E-state index in [1.165, 1.54) is 0 Å². The number of imidazole rings is 1. The van der Waals surface area contributed by atoms with Gasteiger partial charge in [-0.1, -0.05) is 0 Å². The first-order valence-electron chi connectivity index (χ1n) is 6.31. The van der Waals surface area contributed by atoms with Gasteiger partial charge in [0.25, 0.3) is 0 Å². The third-order valence-corrected chi connectivity index (χ3v) is 3.40. The number of morpholine rings is 1. The molecule has 2 N–H and O–H groups in total. The Kier molecular flexibility index (Phi) is 4.54. The number of aromatic nitrogens is 2. The van der Waals surface area contributed by atoms with Gasteiger partial charge in [0.15, 0.2) is 0 Å². The number of halogens is 1. The smallest absolute Gasteiger partial charge is 0.348 e. The summed E-state index contributed by atoms with van der Waals surface area (Å²) in [6.45, 7) is 2.66. The lowest BCUT2D eigenvalue weighted by molar-refractivity contribution is -0.847. The molecule has 1 saturated heterocycles. The zero-order valence-corrected chi connectivity index (χ0v) is 12.0. The molecule has 1 fully saturated rings. The third-order valence-electron chi connectivity index (χ3n) is 3.40. The number of ether oxygens (including phenoxy) is 1. The highest BCUT2D eigenvalue weighted by Gasteiger charge is 2.28. The molecule has 22 heavy (non-hydrogen) atoms. The topological polar surface area (TPSA) is 129 Å². The molecular weight excluding hydrogens is 318 g/mol. The fraction of sp³-hybridized carbons (Fsp3) is 0.364. The minimum Gasteiger partial charge on any atom is -1.00 e. The minimum absolute atomic E-state index is 0. The Labute approximate surface area is 129 Å². The van der Waals surface area contributed by atoms with Gasteiger partial charge in [0.05, 0.1) is 34.6 Å². The molecule has 0 saturated carbocycles. The number of aromatic amines is 1. The van der Waals surface area contributed by atoms with Gasteiger partial charge in [-0.25, -0.2) is 0 Å². The Morgan fingerprint density at radius 2 is 1.73 bits per heavy atom. The van der Waals surface area contributed by atoms with Crippen LogP contribution in [-0.4, -0.2) is 46.1 Å². The van der Waals surface area contributed by atoms with Crippen molar-refractivity contribution in [3.63, 3.8) is 0 Å². The fourth-order valence-corrected chi connectivity index (χ4v) is 2.35. The van der Waals surface area contributed by atoms with Crippen LogP contribution in [0.2, 0.25) is 0 Å². The first-order chi connectivity index (χ1) is 10.1. The van der Waals surface area contributed by atoms with Crippen molar-refractivity contribution < 1.29 is 31.9 Å². The van der Waals surface area contributed by atoms with Gasteiger partial charge in [-0.05, 0) is 0 Å². The first-order valence-corrected chi connectivity index (χ1v) is 6.31. The molecule has 0 aliphatic carbocycles. The lowest BCUT2D eigenvalue weighted by Gasteiger charge is -2.20. The van der Waals surface area contributed by atoms with E-state index >= 15 is 0 Å². The van der Waals surface area contributed by atoms with E-state index in [4.69, 9.17) is 4.74 Å². The van der Waals surface area contributed by atoms with Crippen molar-refractivity contribution in [3.05, 3.63) is 32.4 Å². The van der Waals surface area contributed by atoms with Crippen molar-refractivity contribution in [2.45, 2.75) is 0 Å². The van der Waals surface area contributed by atoms with Crippen LogP contribution in [0.4, 0.5) is 17.3 Å². The van der Waals surface area contributed by atoms with Gasteiger partial charge in [0.2, 0.25) is 0 Å². The number of nitrogens with one attached hydrogen (secondary N) is 2. The maximum atomic E-state index is 10.9. The molecule has 2 aromatic rings. The summed E-state index contributed by atoms with van der Waals surface area (Å²) in [6.07, 6.45) is 0. The highest BCUT2D eigenvalue weighted by Crippen LogP contribution is 2.31. The van der Waals surface area contributed by atoms with Gasteiger partial charge < -0.3 is 17.1 Å². The maximum Gasteiger partial charge on any atom is 0.348 e. The van der Waals surface area contributed by atoms with Gasteiger partial charge in [0, 0.05) is 6.07 Å². The maximum absolute atomic E-state index is 10.9. The number of H-pyrrole nitrogens is 1. The molecule has 0 radical (unpaired) electrons. The van der Waals surface area contributed by atoms with Crippen LogP contribution in [0.1, 0.15) is 0 Å². The van der Waals surface area contributed by atoms with E-state index in [0.717, 1.165) is 30.1 Å². The average molecular weight is 330 g/mol. The van der Waals surface area contributed by atoms with Crippen molar-refractivity contribution >= 4 is 28.4 Å².